The Hall–Kier alpha value is -1.31. The quantitative estimate of drug-likeness (QED) is 0.690. The molecule has 1 aliphatic heterocycles. The van der Waals surface area contributed by atoms with Gasteiger partial charge in [-0.3, -0.25) is 4.90 Å². The van der Waals surface area contributed by atoms with Gasteiger partial charge in [-0.05, 0) is 73.8 Å². The Balaban J connectivity index is 2.10. The van der Waals surface area contributed by atoms with Gasteiger partial charge < -0.3 is 14.6 Å². The highest BCUT2D eigenvalue weighted by Gasteiger charge is 2.38. The Labute approximate surface area is 150 Å². The molecule has 6 heteroatoms. The number of carboxylic acids is 1. The average molecular weight is 430 g/mol. The molecular formula is C17H21INO4-. The first-order valence-electron chi connectivity index (χ1n) is 7.61. The summed E-state index contributed by atoms with van der Waals surface area (Å²) in [7, 11) is 0. The molecule has 1 amide bonds. The molecule has 1 aliphatic rings. The van der Waals surface area contributed by atoms with Gasteiger partial charge in [0.1, 0.15) is 5.60 Å². The lowest BCUT2D eigenvalue weighted by atomic mass is 9.97. The van der Waals surface area contributed by atoms with Crippen molar-refractivity contribution in [2.45, 2.75) is 45.3 Å². The zero-order valence-electron chi connectivity index (χ0n) is 13.5. The number of halogens is 1. The Bertz CT molecular complexity index is 597. The van der Waals surface area contributed by atoms with E-state index < -0.39 is 23.7 Å². The number of hydrogen-bond acceptors (Lipinski definition) is 4. The molecule has 0 aromatic heterocycles. The molecule has 2 atom stereocenters. The van der Waals surface area contributed by atoms with E-state index in [1.54, 1.807) is 20.8 Å². The molecule has 1 saturated heterocycles. The van der Waals surface area contributed by atoms with E-state index in [4.69, 9.17) is 4.74 Å². The van der Waals surface area contributed by atoms with Gasteiger partial charge in [0.15, 0.2) is 0 Å². The average Bonchev–Trinajstić information content (AvgIpc) is 2.84. The molecule has 1 aromatic carbocycles. The van der Waals surface area contributed by atoms with E-state index >= 15 is 0 Å². The summed E-state index contributed by atoms with van der Waals surface area (Å²) in [6, 6.07) is 7.07. The third-order valence-corrected chi connectivity index (χ3v) is 4.81. The smallest absolute Gasteiger partial charge is 0.410 e. The van der Waals surface area contributed by atoms with Crippen molar-refractivity contribution >= 4 is 34.7 Å². The van der Waals surface area contributed by atoms with E-state index in [9.17, 15) is 14.7 Å². The van der Waals surface area contributed by atoms with E-state index in [1.807, 2.05) is 24.3 Å². The largest absolute Gasteiger partial charge is 0.548 e. The van der Waals surface area contributed by atoms with Crippen molar-refractivity contribution in [1.82, 2.24) is 4.90 Å². The van der Waals surface area contributed by atoms with Gasteiger partial charge in [0.05, 0.1) is 12.0 Å². The Morgan fingerprint density at radius 3 is 2.57 bits per heavy atom. The molecule has 1 fully saturated rings. The van der Waals surface area contributed by atoms with Crippen LogP contribution < -0.4 is 5.11 Å². The number of benzene rings is 1. The summed E-state index contributed by atoms with van der Waals surface area (Å²) in [6.45, 7) is 5.66. The maximum absolute atomic E-state index is 12.3. The van der Waals surface area contributed by atoms with E-state index in [1.165, 1.54) is 10.5 Å². The molecule has 0 N–H and O–H groups in total. The van der Waals surface area contributed by atoms with Crippen molar-refractivity contribution in [3.05, 3.63) is 33.4 Å². The van der Waals surface area contributed by atoms with Crippen LogP contribution in [0.25, 0.3) is 0 Å². The van der Waals surface area contributed by atoms with Crippen LogP contribution in [0.2, 0.25) is 0 Å². The van der Waals surface area contributed by atoms with Gasteiger partial charge in [-0.15, -0.1) is 0 Å². The van der Waals surface area contributed by atoms with Crippen LogP contribution in [0.4, 0.5) is 4.79 Å². The SMILES string of the molecule is CC(C)(C)OC(=O)N1C[C@H](Cc2ccccc2I)C[C@H]1C(=O)[O-]. The summed E-state index contributed by atoms with van der Waals surface area (Å²) in [6.07, 6.45) is 0.548. The third kappa shape index (κ3) is 4.83. The van der Waals surface area contributed by atoms with Gasteiger partial charge in [0, 0.05) is 10.1 Å². The molecule has 0 saturated carbocycles. The van der Waals surface area contributed by atoms with E-state index in [0.717, 1.165) is 9.99 Å². The van der Waals surface area contributed by atoms with Gasteiger partial charge in [0.25, 0.3) is 0 Å². The Morgan fingerprint density at radius 1 is 1.35 bits per heavy atom. The molecule has 0 aliphatic carbocycles. The number of carboxylic acid groups (broad SMARTS) is 1. The lowest BCUT2D eigenvalue weighted by molar-refractivity contribution is -0.310. The topological polar surface area (TPSA) is 69.7 Å². The van der Waals surface area contributed by atoms with Crippen LogP contribution in [-0.4, -0.2) is 35.2 Å². The summed E-state index contributed by atoms with van der Waals surface area (Å²) in [5.41, 5.74) is 0.515. The molecule has 1 heterocycles. The van der Waals surface area contributed by atoms with Crippen LogP contribution >= 0.6 is 22.6 Å². The Morgan fingerprint density at radius 2 is 2.00 bits per heavy atom. The van der Waals surface area contributed by atoms with Crippen molar-refractivity contribution in [2.24, 2.45) is 5.92 Å². The van der Waals surface area contributed by atoms with Crippen LogP contribution in [0, 0.1) is 9.49 Å². The minimum Gasteiger partial charge on any atom is -0.548 e. The highest BCUT2D eigenvalue weighted by molar-refractivity contribution is 14.1. The minimum absolute atomic E-state index is 0.0846. The third-order valence-electron chi connectivity index (χ3n) is 3.75. The molecular weight excluding hydrogens is 409 g/mol. The summed E-state index contributed by atoms with van der Waals surface area (Å²) >= 11 is 2.27. The molecule has 23 heavy (non-hydrogen) atoms. The van der Waals surface area contributed by atoms with Gasteiger partial charge in [-0.2, -0.15) is 0 Å². The second-order valence-electron chi connectivity index (χ2n) is 6.86. The van der Waals surface area contributed by atoms with Crippen LogP contribution in [0.5, 0.6) is 0 Å². The number of ether oxygens (including phenoxy) is 1. The molecule has 5 nitrogen and oxygen atoms in total. The fraction of sp³-hybridized carbons (Fsp3) is 0.529. The number of carbonyl (C=O) groups is 2. The molecule has 0 radical (unpaired) electrons. The molecule has 2 rings (SSSR count). The number of carbonyl (C=O) groups excluding carboxylic acids is 2. The summed E-state index contributed by atoms with van der Waals surface area (Å²) in [4.78, 5) is 24.9. The van der Waals surface area contributed by atoms with E-state index in [2.05, 4.69) is 22.6 Å². The van der Waals surface area contributed by atoms with Crippen molar-refractivity contribution in [1.29, 1.82) is 0 Å². The lowest BCUT2D eigenvalue weighted by Gasteiger charge is -2.28. The molecule has 126 valence electrons. The second kappa shape index (κ2) is 7.07. The van der Waals surface area contributed by atoms with Crippen molar-refractivity contribution in [3.8, 4) is 0 Å². The van der Waals surface area contributed by atoms with Gasteiger partial charge in [-0.25, -0.2) is 4.79 Å². The summed E-state index contributed by atoms with van der Waals surface area (Å²) < 4.78 is 6.46. The number of amides is 1. The number of nitrogens with zero attached hydrogens (tertiary/aromatic N) is 1. The van der Waals surface area contributed by atoms with Gasteiger partial charge >= 0.3 is 6.09 Å². The zero-order chi connectivity index (χ0) is 17.2. The van der Waals surface area contributed by atoms with Gasteiger partial charge in [0.2, 0.25) is 0 Å². The van der Waals surface area contributed by atoms with Crippen LogP contribution in [0.15, 0.2) is 24.3 Å². The number of aliphatic carboxylic acids is 1. The van der Waals surface area contributed by atoms with Crippen LogP contribution in [0.3, 0.4) is 0 Å². The fourth-order valence-electron chi connectivity index (χ4n) is 2.79. The lowest BCUT2D eigenvalue weighted by Crippen LogP contribution is -2.48. The van der Waals surface area contributed by atoms with Gasteiger partial charge in [-0.1, -0.05) is 18.2 Å². The number of likely N-dealkylation sites (tertiary alicyclic amines) is 1. The molecule has 0 spiro atoms. The van der Waals surface area contributed by atoms with Crippen molar-refractivity contribution in [3.63, 3.8) is 0 Å². The zero-order valence-corrected chi connectivity index (χ0v) is 15.7. The molecule has 1 aromatic rings. The standard InChI is InChI=1S/C17H22INO4/c1-17(2,3)23-16(22)19-10-11(9-14(19)15(20)21)8-12-6-4-5-7-13(12)18/h4-7,11,14H,8-10H2,1-3H3,(H,20,21)/p-1/t11-,14+/m1/s1. The predicted molar refractivity (Wildman–Crippen MR) is 92.7 cm³/mol. The van der Waals surface area contributed by atoms with Crippen LogP contribution in [0.1, 0.15) is 32.8 Å². The highest BCUT2D eigenvalue weighted by Crippen LogP contribution is 2.29. The monoisotopic (exact) mass is 430 g/mol. The van der Waals surface area contributed by atoms with Crippen molar-refractivity contribution in [2.75, 3.05) is 6.54 Å². The maximum atomic E-state index is 12.3. The number of hydrogen-bond donors (Lipinski definition) is 0. The van der Waals surface area contributed by atoms with Crippen LogP contribution in [-0.2, 0) is 16.0 Å². The first kappa shape index (κ1) is 18.0. The first-order chi connectivity index (χ1) is 10.7. The summed E-state index contributed by atoms with van der Waals surface area (Å²) in [5, 5.41) is 11.4. The van der Waals surface area contributed by atoms with E-state index in [-0.39, 0.29) is 5.92 Å². The second-order valence-corrected chi connectivity index (χ2v) is 8.03. The minimum atomic E-state index is -1.22. The highest BCUT2D eigenvalue weighted by atomic mass is 127. The first-order valence-corrected chi connectivity index (χ1v) is 8.69. The number of rotatable bonds is 3. The van der Waals surface area contributed by atoms with Crippen molar-refractivity contribution < 1.29 is 19.4 Å². The normalized spacial score (nSPS) is 21.3. The predicted octanol–water partition coefficient (Wildman–Crippen LogP) is 2.21. The summed E-state index contributed by atoms with van der Waals surface area (Å²) in [5.74, 6) is -1.14. The molecule has 0 unspecified atom stereocenters. The fourth-order valence-corrected chi connectivity index (χ4v) is 3.40. The molecule has 0 bridgehead atoms. The van der Waals surface area contributed by atoms with E-state index in [0.29, 0.717) is 13.0 Å². The maximum Gasteiger partial charge on any atom is 0.410 e. The Kier molecular flexibility index (Phi) is 5.54.